The zero-order valence-electron chi connectivity index (χ0n) is 10.8. The van der Waals surface area contributed by atoms with Crippen molar-refractivity contribution in [2.75, 3.05) is 6.54 Å². The lowest BCUT2D eigenvalue weighted by Crippen LogP contribution is -2.37. The Kier molecular flexibility index (Phi) is 5.69. The van der Waals surface area contributed by atoms with Crippen LogP contribution in [-0.2, 0) is 11.3 Å². The molecule has 0 fully saturated rings. The van der Waals surface area contributed by atoms with Crippen molar-refractivity contribution in [2.45, 2.75) is 45.8 Å². The average molecular weight is 238 g/mol. The van der Waals surface area contributed by atoms with Crippen LogP contribution in [-0.4, -0.2) is 34.1 Å². The van der Waals surface area contributed by atoms with E-state index in [2.05, 4.69) is 29.5 Å². The second kappa shape index (κ2) is 7.06. The van der Waals surface area contributed by atoms with E-state index in [1.807, 2.05) is 17.7 Å². The van der Waals surface area contributed by atoms with Gasteiger partial charge in [0.15, 0.2) is 0 Å². The predicted molar refractivity (Wildman–Crippen MR) is 67.6 cm³/mol. The first-order valence-corrected chi connectivity index (χ1v) is 6.06. The van der Waals surface area contributed by atoms with Crippen LogP contribution in [0.25, 0.3) is 0 Å². The van der Waals surface area contributed by atoms with E-state index in [-0.39, 0.29) is 11.9 Å². The fraction of sp³-hybridized carbons (Fsp3) is 0.667. The van der Waals surface area contributed by atoms with E-state index in [0.717, 1.165) is 13.1 Å². The molecular formula is C12H22N4O. The topological polar surface area (TPSA) is 59.0 Å². The Bertz CT molecular complexity index is 321. The van der Waals surface area contributed by atoms with Crippen molar-refractivity contribution >= 4 is 5.91 Å². The normalized spacial score (nSPS) is 12.7. The fourth-order valence-corrected chi connectivity index (χ4v) is 1.58. The summed E-state index contributed by atoms with van der Waals surface area (Å²) in [7, 11) is 0. The molecule has 1 aromatic rings. The van der Waals surface area contributed by atoms with Crippen LogP contribution in [0.3, 0.4) is 0 Å². The van der Waals surface area contributed by atoms with Crippen LogP contribution >= 0.6 is 0 Å². The number of hydrogen-bond donors (Lipinski definition) is 2. The van der Waals surface area contributed by atoms with E-state index in [0.29, 0.717) is 12.5 Å². The summed E-state index contributed by atoms with van der Waals surface area (Å²) in [4.78, 5) is 15.6. The van der Waals surface area contributed by atoms with Gasteiger partial charge in [-0.1, -0.05) is 13.8 Å². The molecule has 0 saturated carbocycles. The summed E-state index contributed by atoms with van der Waals surface area (Å²) >= 11 is 0. The van der Waals surface area contributed by atoms with Crippen molar-refractivity contribution < 1.29 is 4.79 Å². The molecule has 1 rings (SSSR count). The highest BCUT2D eigenvalue weighted by atomic mass is 16.1. The van der Waals surface area contributed by atoms with Gasteiger partial charge in [0.05, 0.1) is 6.33 Å². The molecule has 96 valence electrons. The van der Waals surface area contributed by atoms with Gasteiger partial charge in [-0.3, -0.25) is 4.79 Å². The van der Waals surface area contributed by atoms with Crippen LogP contribution in [0.15, 0.2) is 18.7 Å². The second-order valence-corrected chi connectivity index (χ2v) is 4.59. The first-order valence-electron chi connectivity index (χ1n) is 6.06. The highest BCUT2D eigenvalue weighted by molar-refractivity contribution is 5.76. The third-order valence-corrected chi connectivity index (χ3v) is 2.36. The Balaban J connectivity index is 2.17. The summed E-state index contributed by atoms with van der Waals surface area (Å²) in [6, 6.07) is 0.543. The number of nitrogens with one attached hydrogen (secondary N) is 2. The molecule has 1 heterocycles. The van der Waals surface area contributed by atoms with Crippen LogP contribution in [0.1, 0.15) is 27.2 Å². The molecule has 0 radical (unpaired) electrons. The maximum absolute atomic E-state index is 11.6. The fourth-order valence-electron chi connectivity index (χ4n) is 1.58. The quantitative estimate of drug-likeness (QED) is 0.738. The lowest BCUT2D eigenvalue weighted by molar-refractivity contribution is -0.121. The van der Waals surface area contributed by atoms with E-state index < -0.39 is 0 Å². The summed E-state index contributed by atoms with van der Waals surface area (Å²) in [5.74, 6) is 0.0887. The number of rotatable bonds is 7. The largest absolute Gasteiger partial charge is 0.352 e. The molecule has 5 nitrogen and oxygen atoms in total. The minimum Gasteiger partial charge on any atom is -0.352 e. The predicted octanol–water partition coefficient (Wildman–Crippen LogP) is 0.776. The minimum atomic E-state index is 0.0887. The zero-order valence-corrected chi connectivity index (χ0v) is 10.8. The molecule has 0 aliphatic rings. The van der Waals surface area contributed by atoms with Gasteiger partial charge in [-0.05, 0) is 6.92 Å². The van der Waals surface area contributed by atoms with Gasteiger partial charge < -0.3 is 15.2 Å². The van der Waals surface area contributed by atoms with Crippen LogP contribution in [0.5, 0.6) is 0 Å². The van der Waals surface area contributed by atoms with E-state index >= 15 is 0 Å². The minimum absolute atomic E-state index is 0.0887. The number of carbonyl (C=O) groups excluding carboxylic acids is 1. The SMILES string of the molecule is CC(C)NCCC(=O)NC(C)Cn1ccnc1. The van der Waals surface area contributed by atoms with Gasteiger partial charge in [0, 0.05) is 44.0 Å². The number of nitrogens with zero attached hydrogens (tertiary/aromatic N) is 2. The molecule has 0 bridgehead atoms. The van der Waals surface area contributed by atoms with E-state index in [4.69, 9.17) is 0 Å². The van der Waals surface area contributed by atoms with Crippen LogP contribution < -0.4 is 10.6 Å². The van der Waals surface area contributed by atoms with Crippen molar-refractivity contribution in [1.82, 2.24) is 20.2 Å². The van der Waals surface area contributed by atoms with Crippen molar-refractivity contribution in [3.8, 4) is 0 Å². The second-order valence-electron chi connectivity index (χ2n) is 4.59. The van der Waals surface area contributed by atoms with E-state index in [9.17, 15) is 4.79 Å². The molecule has 0 aromatic carbocycles. The summed E-state index contributed by atoms with van der Waals surface area (Å²) in [5, 5.41) is 6.18. The third-order valence-electron chi connectivity index (χ3n) is 2.36. The molecule has 1 aromatic heterocycles. The molecule has 0 aliphatic carbocycles. The Morgan fingerprint density at radius 1 is 1.41 bits per heavy atom. The number of amides is 1. The molecule has 0 aliphatic heterocycles. The monoisotopic (exact) mass is 238 g/mol. The summed E-state index contributed by atoms with van der Waals surface area (Å²) in [6.45, 7) is 7.61. The van der Waals surface area contributed by atoms with Gasteiger partial charge in [-0.25, -0.2) is 4.98 Å². The Hall–Kier alpha value is -1.36. The van der Waals surface area contributed by atoms with Crippen LogP contribution in [0.2, 0.25) is 0 Å². The van der Waals surface area contributed by atoms with E-state index in [1.165, 1.54) is 0 Å². The number of aromatic nitrogens is 2. The van der Waals surface area contributed by atoms with E-state index in [1.54, 1.807) is 12.5 Å². The van der Waals surface area contributed by atoms with Gasteiger partial charge in [0.1, 0.15) is 0 Å². The lowest BCUT2D eigenvalue weighted by atomic mass is 10.3. The number of hydrogen-bond acceptors (Lipinski definition) is 3. The Morgan fingerprint density at radius 2 is 2.18 bits per heavy atom. The summed E-state index contributed by atoms with van der Waals surface area (Å²) in [6.07, 6.45) is 5.90. The van der Waals surface area contributed by atoms with Crippen LogP contribution in [0.4, 0.5) is 0 Å². The molecule has 0 saturated heterocycles. The smallest absolute Gasteiger partial charge is 0.221 e. The standard InChI is InChI=1S/C12H22N4O/c1-10(2)14-5-4-12(17)15-11(3)8-16-7-6-13-9-16/h6-7,9-11,14H,4-5,8H2,1-3H3,(H,15,17). The molecular weight excluding hydrogens is 216 g/mol. The first-order chi connectivity index (χ1) is 8.08. The zero-order chi connectivity index (χ0) is 12.7. The van der Waals surface area contributed by atoms with Crippen molar-refractivity contribution in [3.05, 3.63) is 18.7 Å². The van der Waals surface area contributed by atoms with Crippen LogP contribution in [0, 0.1) is 0 Å². The maximum Gasteiger partial charge on any atom is 0.221 e. The van der Waals surface area contributed by atoms with Gasteiger partial charge >= 0.3 is 0 Å². The molecule has 1 atom stereocenters. The Labute approximate surface area is 103 Å². The first kappa shape index (κ1) is 13.7. The molecule has 17 heavy (non-hydrogen) atoms. The van der Waals surface area contributed by atoms with Gasteiger partial charge in [0.2, 0.25) is 5.91 Å². The average Bonchev–Trinajstić information content (AvgIpc) is 2.69. The highest BCUT2D eigenvalue weighted by Crippen LogP contribution is 1.92. The molecule has 1 amide bonds. The summed E-state index contributed by atoms with van der Waals surface area (Å²) in [5.41, 5.74) is 0. The van der Waals surface area contributed by atoms with Gasteiger partial charge in [-0.2, -0.15) is 0 Å². The maximum atomic E-state index is 11.6. The number of imidazole rings is 1. The van der Waals surface area contributed by atoms with Crippen molar-refractivity contribution in [3.63, 3.8) is 0 Å². The van der Waals surface area contributed by atoms with Crippen molar-refractivity contribution in [1.29, 1.82) is 0 Å². The molecule has 5 heteroatoms. The van der Waals surface area contributed by atoms with Gasteiger partial charge in [-0.15, -0.1) is 0 Å². The molecule has 1 unspecified atom stereocenters. The molecule has 2 N–H and O–H groups in total. The summed E-state index contributed by atoms with van der Waals surface area (Å²) < 4.78 is 1.96. The highest BCUT2D eigenvalue weighted by Gasteiger charge is 2.07. The lowest BCUT2D eigenvalue weighted by Gasteiger charge is -2.15. The third kappa shape index (κ3) is 6.06. The number of carbonyl (C=O) groups is 1. The van der Waals surface area contributed by atoms with Crippen molar-refractivity contribution in [2.24, 2.45) is 0 Å². The molecule has 0 spiro atoms. The van der Waals surface area contributed by atoms with Gasteiger partial charge in [0.25, 0.3) is 0 Å². The Morgan fingerprint density at radius 3 is 2.76 bits per heavy atom.